The molecule has 0 aliphatic carbocycles. The van der Waals surface area contributed by atoms with Gasteiger partial charge in [0, 0.05) is 20.6 Å². The number of hydrogen-bond acceptors (Lipinski definition) is 4. The lowest BCUT2D eigenvalue weighted by molar-refractivity contribution is 0.0218. The van der Waals surface area contributed by atoms with Crippen LogP contribution in [0.15, 0.2) is 24.3 Å². The highest BCUT2D eigenvalue weighted by Gasteiger charge is 2.43. The van der Waals surface area contributed by atoms with Gasteiger partial charge in [-0.1, -0.05) is 12.1 Å². The molecule has 1 atom stereocenters. The van der Waals surface area contributed by atoms with Crippen molar-refractivity contribution in [2.24, 2.45) is 0 Å². The second-order valence-electron chi connectivity index (χ2n) is 4.58. The Bertz CT molecular complexity index is 451. The zero-order valence-corrected chi connectivity index (χ0v) is 11.2. The quantitative estimate of drug-likeness (QED) is 0.816. The molecule has 1 aliphatic rings. The van der Waals surface area contributed by atoms with Crippen LogP contribution in [0.2, 0.25) is 0 Å². The molecule has 96 valence electrons. The van der Waals surface area contributed by atoms with E-state index >= 15 is 0 Å². The molecule has 0 spiro atoms. The molecule has 2 rings (SSSR count). The molecule has 0 amide bonds. The number of benzene rings is 1. The van der Waals surface area contributed by atoms with Gasteiger partial charge >= 0.3 is 0 Å². The lowest BCUT2D eigenvalue weighted by Crippen LogP contribution is -2.42. The maximum absolute atomic E-state index is 9.58. The van der Waals surface area contributed by atoms with Gasteiger partial charge in [0.25, 0.3) is 0 Å². The molecule has 1 heterocycles. The van der Waals surface area contributed by atoms with E-state index < -0.39 is 5.54 Å². The Morgan fingerprint density at radius 3 is 2.44 bits per heavy atom. The Balaban J connectivity index is 2.32. The highest BCUT2D eigenvalue weighted by molar-refractivity contribution is 5.36. The van der Waals surface area contributed by atoms with Gasteiger partial charge in [-0.2, -0.15) is 5.26 Å². The minimum Gasteiger partial charge on any atom is -0.494 e. The summed E-state index contributed by atoms with van der Waals surface area (Å²) < 4.78 is 5.43. The van der Waals surface area contributed by atoms with Crippen molar-refractivity contribution < 1.29 is 4.74 Å². The predicted octanol–water partition coefficient (Wildman–Crippen LogP) is 1.99. The molecule has 1 aromatic rings. The van der Waals surface area contributed by atoms with Crippen LogP contribution in [0.5, 0.6) is 5.75 Å². The first-order chi connectivity index (χ1) is 8.64. The normalized spacial score (nSPS) is 25.0. The summed E-state index contributed by atoms with van der Waals surface area (Å²) in [6.45, 7) is 3.52. The van der Waals surface area contributed by atoms with Crippen LogP contribution in [0.3, 0.4) is 0 Å². The van der Waals surface area contributed by atoms with Gasteiger partial charge in [-0.05, 0) is 31.0 Å². The van der Waals surface area contributed by atoms with E-state index in [-0.39, 0.29) is 0 Å². The Hall–Kier alpha value is -1.57. The lowest BCUT2D eigenvalue weighted by Gasteiger charge is -2.32. The minimum atomic E-state index is -0.542. The summed E-state index contributed by atoms with van der Waals surface area (Å²) in [5.74, 6) is 0.850. The zero-order valence-electron chi connectivity index (χ0n) is 11.2. The highest BCUT2D eigenvalue weighted by atomic mass is 16.5. The molecule has 1 aliphatic heterocycles. The fraction of sp³-hybridized carbons (Fsp3) is 0.500. The monoisotopic (exact) mass is 245 g/mol. The molecular formula is C14H19N3O. The Kier molecular flexibility index (Phi) is 3.55. The molecule has 1 fully saturated rings. The molecule has 0 bridgehead atoms. The van der Waals surface area contributed by atoms with E-state index in [2.05, 4.69) is 11.1 Å². The number of hydrogen-bond donors (Lipinski definition) is 0. The lowest BCUT2D eigenvalue weighted by atomic mass is 9.89. The first-order valence-electron chi connectivity index (χ1n) is 6.23. The minimum absolute atomic E-state index is 0.542. The van der Waals surface area contributed by atoms with Gasteiger partial charge in [-0.15, -0.1) is 0 Å². The summed E-state index contributed by atoms with van der Waals surface area (Å²) in [7, 11) is 3.97. The molecule has 0 saturated carbocycles. The largest absolute Gasteiger partial charge is 0.494 e. The van der Waals surface area contributed by atoms with Gasteiger partial charge in [0.15, 0.2) is 0 Å². The van der Waals surface area contributed by atoms with Crippen LogP contribution >= 0.6 is 0 Å². The van der Waals surface area contributed by atoms with Crippen LogP contribution in [0.25, 0.3) is 0 Å². The van der Waals surface area contributed by atoms with Crippen molar-refractivity contribution in [3.05, 3.63) is 29.8 Å². The third kappa shape index (κ3) is 1.96. The SMILES string of the molecule is CCOc1ccc(C2(C#N)CCN(C)N2C)cc1. The van der Waals surface area contributed by atoms with E-state index in [9.17, 15) is 5.26 Å². The van der Waals surface area contributed by atoms with Crippen LogP contribution in [0, 0.1) is 11.3 Å². The Morgan fingerprint density at radius 2 is 2.00 bits per heavy atom. The molecule has 0 radical (unpaired) electrons. The predicted molar refractivity (Wildman–Crippen MR) is 69.9 cm³/mol. The van der Waals surface area contributed by atoms with E-state index in [0.717, 1.165) is 24.3 Å². The number of ether oxygens (including phenoxy) is 1. The van der Waals surface area contributed by atoms with Crippen molar-refractivity contribution in [1.29, 1.82) is 5.26 Å². The van der Waals surface area contributed by atoms with Crippen molar-refractivity contribution >= 4 is 0 Å². The van der Waals surface area contributed by atoms with Crippen LogP contribution in [0.4, 0.5) is 0 Å². The number of hydrazine groups is 1. The molecular weight excluding hydrogens is 226 g/mol. The van der Waals surface area contributed by atoms with Gasteiger partial charge in [-0.3, -0.25) is 0 Å². The van der Waals surface area contributed by atoms with Gasteiger partial charge in [-0.25, -0.2) is 10.0 Å². The van der Waals surface area contributed by atoms with Crippen LogP contribution < -0.4 is 4.74 Å². The molecule has 0 aromatic heterocycles. The Labute approximate surface area is 108 Å². The fourth-order valence-corrected chi connectivity index (χ4v) is 2.44. The molecule has 1 saturated heterocycles. The van der Waals surface area contributed by atoms with Gasteiger partial charge in [0.1, 0.15) is 11.3 Å². The average Bonchev–Trinajstić information content (AvgIpc) is 2.69. The van der Waals surface area contributed by atoms with Crippen LogP contribution in [-0.4, -0.2) is 37.3 Å². The van der Waals surface area contributed by atoms with Crippen LogP contribution in [-0.2, 0) is 5.54 Å². The molecule has 1 unspecified atom stereocenters. The van der Waals surface area contributed by atoms with Gasteiger partial charge in [0.05, 0.1) is 12.7 Å². The summed E-state index contributed by atoms with van der Waals surface area (Å²) in [6.07, 6.45) is 0.824. The van der Waals surface area contributed by atoms with Crippen molar-refractivity contribution in [2.75, 3.05) is 27.2 Å². The van der Waals surface area contributed by atoms with E-state index in [1.54, 1.807) is 0 Å². The Morgan fingerprint density at radius 1 is 1.33 bits per heavy atom. The first kappa shape index (κ1) is 12.9. The van der Waals surface area contributed by atoms with Crippen molar-refractivity contribution in [1.82, 2.24) is 10.0 Å². The smallest absolute Gasteiger partial charge is 0.148 e. The van der Waals surface area contributed by atoms with E-state index in [0.29, 0.717) is 6.61 Å². The molecule has 0 N–H and O–H groups in total. The number of rotatable bonds is 3. The van der Waals surface area contributed by atoms with Gasteiger partial charge < -0.3 is 4.74 Å². The third-order valence-corrected chi connectivity index (χ3v) is 3.69. The van der Waals surface area contributed by atoms with Crippen molar-refractivity contribution in [2.45, 2.75) is 18.9 Å². The third-order valence-electron chi connectivity index (χ3n) is 3.69. The standard InChI is InChI=1S/C14H19N3O/c1-4-18-13-7-5-12(6-8-13)14(11-15)9-10-16(2)17(14)3/h5-8H,4,9-10H2,1-3H3. The summed E-state index contributed by atoms with van der Waals surface area (Å²) in [6, 6.07) is 10.3. The molecule has 1 aromatic carbocycles. The van der Waals surface area contributed by atoms with Crippen molar-refractivity contribution in [3.8, 4) is 11.8 Å². The summed E-state index contributed by atoms with van der Waals surface area (Å²) in [5.41, 5.74) is 0.486. The summed E-state index contributed by atoms with van der Waals surface area (Å²) >= 11 is 0. The first-order valence-corrected chi connectivity index (χ1v) is 6.23. The number of nitrogens with zero attached hydrogens (tertiary/aromatic N) is 3. The molecule has 4 heteroatoms. The summed E-state index contributed by atoms with van der Waals surface area (Å²) in [5, 5.41) is 13.7. The second kappa shape index (κ2) is 4.97. The van der Waals surface area contributed by atoms with Crippen molar-refractivity contribution in [3.63, 3.8) is 0 Å². The fourth-order valence-electron chi connectivity index (χ4n) is 2.44. The van der Waals surface area contributed by atoms with E-state index in [1.807, 2.05) is 50.3 Å². The highest BCUT2D eigenvalue weighted by Crippen LogP contribution is 2.37. The molecule has 18 heavy (non-hydrogen) atoms. The van der Waals surface area contributed by atoms with E-state index in [1.165, 1.54) is 0 Å². The zero-order chi connectivity index (χ0) is 13.2. The van der Waals surface area contributed by atoms with E-state index in [4.69, 9.17) is 4.74 Å². The average molecular weight is 245 g/mol. The second-order valence-corrected chi connectivity index (χ2v) is 4.58. The summed E-state index contributed by atoms with van der Waals surface area (Å²) in [4.78, 5) is 0. The van der Waals surface area contributed by atoms with Gasteiger partial charge in [0.2, 0.25) is 0 Å². The maximum atomic E-state index is 9.58. The topological polar surface area (TPSA) is 39.5 Å². The maximum Gasteiger partial charge on any atom is 0.148 e. The van der Waals surface area contributed by atoms with Crippen LogP contribution in [0.1, 0.15) is 18.9 Å². The molecule has 4 nitrogen and oxygen atoms in total. The number of nitriles is 1.